The van der Waals surface area contributed by atoms with Gasteiger partial charge in [0.15, 0.2) is 0 Å². The van der Waals surface area contributed by atoms with E-state index in [0.717, 1.165) is 25.7 Å². The fourth-order valence-electron chi connectivity index (χ4n) is 3.49. The lowest BCUT2D eigenvalue weighted by Gasteiger charge is -2.21. The van der Waals surface area contributed by atoms with Crippen LogP contribution in [0.15, 0.2) is 47.4 Å². The molecule has 0 aliphatic carbocycles. The molecule has 1 N–H and O–H groups in total. The first-order valence-electron chi connectivity index (χ1n) is 9.68. The molecule has 1 heterocycles. The van der Waals surface area contributed by atoms with Crippen molar-refractivity contribution in [2.75, 3.05) is 37.4 Å². The monoisotopic (exact) mass is 435 g/mol. The molecule has 0 saturated carbocycles. The third-order valence-electron chi connectivity index (χ3n) is 4.98. The van der Waals surface area contributed by atoms with E-state index < -0.39 is 10.0 Å². The zero-order chi connectivity index (χ0) is 21.0. The van der Waals surface area contributed by atoms with Crippen molar-refractivity contribution < 1.29 is 13.2 Å². The Hall–Kier alpha value is -2.09. The van der Waals surface area contributed by atoms with Crippen LogP contribution in [0.4, 0.5) is 11.4 Å². The molecule has 0 bridgehead atoms. The van der Waals surface area contributed by atoms with Crippen molar-refractivity contribution in [2.45, 2.75) is 30.6 Å². The van der Waals surface area contributed by atoms with Crippen molar-refractivity contribution >= 4 is 38.9 Å². The number of hydrogen-bond acceptors (Lipinski definition) is 4. The average Bonchev–Trinajstić information content (AvgIpc) is 2.98. The van der Waals surface area contributed by atoms with Gasteiger partial charge in [-0.2, -0.15) is 4.31 Å². The Morgan fingerprint density at radius 2 is 1.69 bits per heavy atom. The number of rotatable bonds is 5. The van der Waals surface area contributed by atoms with Crippen molar-refractivity contribution in [1.29, 1.82) is 0 Å². The Kier molecular flexibility index (Phi) is 6.82. The van der Waals surface area contributed by atoms with E-state index >= 15 is 0 Å². The van der Waals surface area contributed by atoms with Crippen LogP contribution in [0.1, 0.15) is 36.0 Å². The number of nitrogens with zero attached hydrogens (tertiary/aromatic N) is 2. The number of nitrogens with one attached hydrogen (secondary N) is 1. The highest BCUT2D eigenvalue weighted by molar-refractivity contribution is 7.89. The van der Waals surface area contributed by atoms with Gasteiger partial charge >= 0.3 is 0 Å². The van der Waals surface area contributed by atoms with Crippen LogP contribution in [0.5, 0.6) is 0 Å². The van der Waals surface area contributed by atoms with Crippen molar-refractivity contribution in [2.24, 2.45) is 0 Å². The molecule has 1 aliphatic rings. The molecule has 0 radical (unpaired) electrons. The highest BCUT2D eigenvalue weighted by atomic mass is 35.5. The molecule has 2 aromatic rings. The zero-order valence-electron chi connectivity index (χ0n) is 16.7. The van der Waals surface area contributed by atoms with Crippen molar-refractivity contribution in [1.82, 2.24) is 4.31 Å². The van der Waals surface area contributed by atoms with Gasteiger partial charge in [-0.25, -0.2) is 8.42 Å². The van der Waals surface area contributed by atoms with Crippen molar-refractivity contribution in [3.05, 3.63) is 53.1 Å². The minimum absolute atomic E-state index is 0.144. The predicted molar refractivity (Wildman–Crippen MR) is 117 cm³/mol. The Morgan fingerprint density at radius 1 is 1.03 bits per heavy atom. The SMILES string of the molecule is CN(C)c1c(Cl)cccc1NC(=O)c1cccc(S(=O)(=O)N2CCCCCC2)c1. The summed E-state index contributed by atoms with van der Waals surface area (Å²) in [4.78, 5) is 14.8. The summed E-state index contributed by atoms with van der Waals surface area (Å²) in [5.74, 6) is -0.386. The summed E-state index contributed by atoms with van der Waals surface area (Å²) in [5, 5.41) is 3.36. The number of benzene rings is 2. The number of carbonyl (C=O) groups excluding carboxylic acids is 1. The summed E-state index contributed by atoms with van der Waals surface area (Å²) < 4.78 is 27.6. The summed E-state index contributed by atoms with van der Waals surface area (Å²) in [6, 6.07) is 11.5. The van der Waals surface area contributed by atoms with Gasteiger partial charge in [0.25, 0.3) is 5.91 Å². The molecule has 156 valence electrons. The number of halogens is 1. The Morgan fingerprint density at radius 3 is 2.34 bits per heavy atom. The molecule has 1 amide bonds. The smallest absolute Gasteiger partial charge is 0.255 e. The summed E-state index contributed by atoms with van der Waals surface area (Å²) in [7, 11) is 0.0585. The van der Waals surface area contributed by atoms with Gasteiger partial charge in [0.1, 0.15) is 0 Å². The molecule has 3 rings (SSSR count). The maximum absolute atomic E-state index is 13.0. The Labute approximate surface area is 177 Å². The average molecular weight is 436 g/mol. The van der Waals surface area contributed by atoms with Crippen LogP contribution >= 0.6 is 11.6 Å². The molecular formula is C21H26ClN3O3S. The molecule has 0 aromatic heterocycles. The van der Waals surface area contributed by atoms with E-state index in [1.807, 2.05) is 19.0 Å². The largest absolute Gasteiger partial charge is 0.375 e. The van der Waals surface area contributed by atoms with E-state index in [2.05, 4.69) is 5.32 Å². The first-order chi connectivity index (χ1) is 13.8. The number of carbonyl (C=O) groups is 1. The zero-order valence-corrected chi connectivity index (χ0v) is 18.3. The van der Waals surface area contributed by atoms with Gasteiger partial charge in [0.05, 0.1) is 21.3 Å². The van der Waals surface area contributed by atoms with Crippen LogP contribution in [-0.4, -0.2) is 45.8 Å². The van der Waals surface area contributed by atoms with Crippen LogP contribution in [0.3, 0.4) is 0 Å². The molecule has 1 aliphatic heterocycles. The topological polar surface area (TPSA) is 69.7 Å². The first-order valence-corrected chi connectivity index (χ1v) is 11.5. The molecule has 2 aromatic carbocycles. The molecule has 0 unspecified atom stereocenters. The second-order valence-corrected chi connectivity index (χ2v) is 9.68. The fourth-order valence-corrected chi connectivity index (χ4v) is 5.40. The molecule has 0 atom stereocenters. The van der Waals surface area contributed by atoms with Gasteiger partial charge in [-0.05, 0) is 43.2 Å². The van der Waals surface area contributed by atoms with Crippen molar-refractivity contribution in [3.8, 4) is 0 Å². The third kappa shape index (κ3) is 4.91. The van der Waals surface area contributed by atoms with Gasteiger partial charge in [-0.15, -0.1) is 0 Å². The standard InChI is InChI=1S/C21H26ClN3O3S/c1-24(2)20-18(22)11-8-12-19(20)23-21(26)16-9-7-10-17(15-16)29(27,28)25-13-5-3-4-6-14-25/h7-12,15H,3-6,13-14H2,1-2H3,(H,23,26). The summed E-state index contributed by atoms with van der Waals surface area (Å²) >= 11 is 6.26. The molecule has 0 spiro atoms. The number of para-hydroxylation sites is 1. The van der Waals surface area contributed by atoms with Crippen LogP contribution in [0.2, 0.25) is 5.02 Å². The van der Waals surface area contributed by atoms with Gasteiger partial charge in [-0.3, -0.25) is 4.79 Å². The third-order valence-corrected chi connectivity index (χ3v) is 7.18. The molecule has 6 nitrogen and oxygen atoms in total. The number of amides is 1. The lowest BCUT2D eigenvalue weighted by molar-refractivity contribution is 0.102. The minimum Gasteiger partial charge on any atom is -0.375 e. The van der Waals surface area contributed by atoms with Crippen LogP contribution in [0, 0.1) is 0 Å². The van der Waals surface area contributed by atoms with E-state index in [1.165, 1.54) is 10.4 Å². The Balaban J connectivity index is 1.86. The maximum Gasteiger partial charge on any atom is 0.255 e. The molecular weight excluding hydrogens is 410 g/mol. The highest BCUT2D eigenvalue weighted by Gasteiger charge is 2.26. The van der Waals surface area contributed by atoms with Crippen molar-refractivity contribution in [3.63, 3.8) is 0 Å². The van der Waals surface area contributed by atoms with E-state index in [-0.39, 0.29) is 16.4 Å². The fraction of sp³-hybridized carbons (Fsp3) is 0.381. The minimum atomic E-state index is -3.62. The number of anilines is 2. The van der Waals surface area contributed by atoms with Gasteiger partial charge in [0.2, 0.25) is 10.0 Å². The summed E-state index contributed by atoms with van der Waals surface area (Å²) in [5.41, 5.74) is 1.54. The molecule has 1 fully saturated rings. The second-order valence-electron chi connectivity index (χ2n) is 7.33. The highest BCUT2D eigenvalue weighted by Crippen LogP contribution is 2.33. The predicted octanol–water partition coefficient (Wildman–Crippen LogP) is 4.22. The number of hydrogen-bond donors (Lipinski definition) is 1. The maximum atomic E-state index is 13.0. The second kappa shape index (κ2) is 9.15. The normalized spacial score (nSPS) is 15.6. The first kappa shape index (κ1) is 21.6. The lowest BCUT2D eigenvalue weighted by atomic mass is 10.2. The van der Waals surface area contributed by atoms with Gasteiger partial charge in [-0.1, -0.05) is 36.6 Å². The van der Waals surface area contributed by atoms with E-state index in [9.17, 15) is 13.2 Å². The summed E-state index contributed by atoms with van der Waals surface area (Å²) in [6.45, 7) is 1.04. The van der Waals surface area contributed by atoms with Crippen LogP contribution in [0.25, 0.3) is 0 Å². The Bertz CT molecular complexity index is 984. The van der Waals surface area contributed by atoms with Gasteiger partial charge in [0, 0.05) is 32.7 Å². The van der Waals surface area contributed by atoms with Crippen LogP contribution in [-0.2, 0) is 10.0 Å². The quantitative estimate of drug-likeness (QED) is 0.763. The molecule has 1 saturated heterocycles. The van der Waals surface area contributed by atoms with E-state index in [1.54, 1.807) is 36.4 Å². The lowest BCUT2D eigenvalue weighted by Crippen LogP contribution is -2.32. The van der Waals surface area contributed by atoms with Crippen LogP contribution < -0.4 is 10.2 Å². The summed E-state index contributed by atoms with van der Waals surface area (Å²) in [6.07, 6.45) is 3.81. The molecule has 29 heavy (non-hydrogen) atoms. The van der Waals surface area contributed by atoms with Gasteiger partial charge < -0.3 is 10.2 Å². The number of sulfonamides is 1. The molecule has 8 heteroatoms. The van der Waals surface area contributed by atoms with E-state index in [0.29, 0.717) is 29.5 Å². The van der Waals surface area contributed by atoms with E-state index in [4.69, 9.17) is 11.6 Å².